The number of benzene rings is 2. The Morgan fingerprint density at radius 1 is 0.977 bits per heavy atom. The Morgan fingerprint density at radius 2 is 1.65 bits per heavy atom. The largest absolute Gasteiger partial charge is 0.573 e. The Balaban J connectivity index is 1.92. The average Bonchev–Trinajstić information content (AvgIpc) is 3.29. The summed E-state index contributed by atoms with van der Waals surface area (Å²) in [4.78, 5) is 26.1. The van der Waals surface area contributed by atoms with Crippen molar-refractivity contribution in [2.24, 2.45) is 0 Å². The number of amides is 2. The SMILES string of the molecule is CSC[C@H](C)NC(=O)c1c(OC(F)(F)F)cccc1C(=O)Nc1ccc(Cn2nc(C(F)(F)F)cc2C(F)(F)F)cc1C. The fraction of sp³-hybridized carbons (Fsp3) is 0.346. The van der Waals surface area contributed by atoms with Gasteiger partial charge in [0.25, 0.3) is 11.8 Å². The highest BCUT2D eigenvalue weighted by molar-refractivity contribution is 7.98. The highest BCUT2D eigenvalue weighted by atomic mass is 32.2. The van der Waals surface area contributed by atoms with E-state index in [1.807, 2.05) is 0 Å². The van der Waals surface area contributed by atoms with E-state index in [0.29, 0.717) is 5.75 Å². The van der Waals surface area contributed by atoms with Gasteiger partial charge in [0.1, 0.15) is 11.4 Å². The molecule has 2 amide bonds. The third-order valence-electron chi connectivity index (χ3n) is 5.75. The Labute approximate surface area is 242 Å². The Morgan fingerprint density at radius 3 is 2.21 bits per heavy atom. The molecule has 1 heterocycles. The van der Waals surface area contributed by atoms with E-state index in [0.717, 1.165) is 18.2 Å². The second-order valence-electron chi connectivity index (χ2n) is 9.23. The van der Waals surface area contributed by atoms with Crippen molar-refractivity contribution in [2.45, 2.75) is 45.1 Å². The van der Waals surface area contributed by atoms with Crippen molar-refractivity contribution in [2.75, 3.05) is 17.3 Å². The van der Waals surface area contributed by atoms with E-state index < -0.39 is 71.4 Å². The molecule has 0 radical (unpaired) electrons. The number of ether oxygens (including phenoxy) is 1. The number of thioether (sulfide) groups is 1. The lowest BCUT2D eigenvalue weighted by atomic mass is 10.0. The minimum atomic E-state index is -5.18. The van der Waals surface area contributed by atoms with Gasteiger partial charge in [-0.1, -0.05) is 18.2 Å². The van der Waals surface area contributed by atoms with Gasteiger partial charge >= 0.3 is 18.7 Å². The maximum absolute atomic E-state index is 13.3. The maximum Gasteiger partial charge on any atom is 0.573 e. The van der Waals surface area contributed by atoms with E-state index in [9.17, 15) is 49.1 Å². The quantitative estimate of drug-likeness (QED) is 0.248. The molecular formula is C26H23F9N4O3S. The second-order valence-corrected chi connectivity index (χ2v) is 10.1. The molecule has 0 bridgehead atoms. The summed E-state index contributed by atoms with van der Waals surface area (Å²) in [6, 6.07) is 6.20. The molecule has 0 spiro atoms. The van der Waals surface area contributed by atoms with Gasteiger partial charge in [-0.25, -0.2) is 0 Å². The van der Waals surface area contributed by atoms with E-state index >= 15 is 0 Å². The van der Waals surface area contributed by atoms with Gasteiger partial charge in [0, 0.05) is 23.5 Å². The number of carbonyl (C=O) groups excluding carboxylic acids is 2. The summed E-state index contributed by atoms with van der Waals surface area (Å²) in [6.45, 7) is 2.33. The smallest absolute Gasteiger partial charge is 0.405 e. The van der Waals surface area contributed by atoms with Crippen LogP contribution in [0.15, 0.2) is 42.5 Å². The number of carbonyl (C=O) groups is 2. The van der Waals surface area contributed by atoms with Gasteiger partial charge in [0.2, 0.25) is 0 Å². The Kier molecular flexibility index (Phi) is 9.98. The lowest BCUT2D eigenvalue weighted by Crippen LogP contribution is -2.36. The molecule has 0 aliphatic heterocycles. The number of anilines is 1. The summed E-state index contributed by atoms with van der Waals surface area (Å²) in [7, 11) is 0. The molecule has 1 aromatic heterocycles. The lowest BCUT2D eigenvalue weighted by molar-refractivity contribution is -0.274. The monoisotopic (exact) mass is 642 g/mol. The minimum Gasteiger partial charge on any atom is -0.405 e. The molecule has 17 heteroatoms. The van der Waals surface area contributed by atoms with Gasteiger partial charge < -0.3 is 15.4 Å². The molecule has 43 heavy (non-hydrogen) atoms. The van der Waals surface area contributed by atoms with Crippen LogP contribution < -0.4 is 15.4 Å². The van der Waals surface area contributed by atoms with Crippen LogP contribution in [0.2, 0.25) is 0 Å². The predicted octanol–water partition coefficient (Wildman–Crippen LogP) is 6.91. The number of hydrogen-bond acceptors (Lipinski definition) is 5. The van der Waals surface area contributed by atoms with E-state index in [4.69, 9.17) is 0 Å². The van der Waals surface area contributed by atoms with Crippen molar-refractivity contribution < 1.29 is 53.8 Å². The van der Waals surface area contributed by atoms with Gasteiger partial charge in [0.05, 0.1) is 17.7 Å². The Hall–Kier alpha value is -3.89. The molecule has 2 aromatic carbocycles. The number of aromatic nitrogens is 2. The third kappa shape index (κ3) is 8.81. The van der Waals surface area contributed by atoms with Crippen LogP contribution in [-0.2, 0) is 18.9 Å². The molecule has 7 nitrogen and oxygen atoms in total. The van der Waals surface area contributed by atoms with Crippen molar-refractivity contribution in [3.8, 4) is 5.75 Å². The lowest BCUT2D eigenvalue weighted by Gasteiger charge is -2.19. The van der Waals surface area contributed by atoms with Crippen LogP contribution in [0.3, 0.4) is 0 Å². The zero-order chi connectivity index (χ0) is 32.3. The van der Waals surface area contributed by atoms with E-state index in [-0.39, 0.29) is 27.6 Å². The number of alkyl halides is 9. The summed E-state index contributed by atoms with van der Waals surface area (Å²) in [5.74, 6) is -2.51. The van der Waals surface area contributed by atoms with Gasteiger partial charge in [-0.05, 0) is 49.4 Å². The molecule has 0 saturated heterocycles. The molecule has 234 valence electrons. The average molecular weight is 643 g/mol. The molecular weight excluding hydrogens is 619 g/mol. The van der Waals surface area contributed by atoms with Crippen molar-refractivity contribution in [1.82, 2.24) is 15.1 Å². The van der Waals surface area contributed by atoms with Crippen LogP contribution in [0.1, 0.15) is 50.2 Å². The van der Waals surface area contributed by atoms with Gasteiger partial charge in [-0.15, -0.1) is 13.2 Å². The summed E-state index contributed by atoms with van der Waals surface area (Å²) in [5.41, 5.74) is -4.09. The van der Waals surface area contributed by atoms with Crippen molar-refractivity contribution in [3.05, 3.63) is 76.1 Å². The molecule has 0 aliphatic carbocycles. The minimum absolute atomic E-state index is 0.0606. The Bertz CT molecular complexity index is 1480. The first-order valence-electron chi connectivity index (χ1n) is 12.1. The topological polar surface area (TPSA) is 85.2 Å². The molecule has 2 N–H and O–H groups in total. The number of hydrogen-bond donors (Lipinski definition) is 2. The van der Waals surface area contributed by atoms with Crippen LogP contribution in [-0.4, -0.2) is 46.0 Å². The first-order chi connectivity index (χ1) is 19.8. The number of nitrogens with zero attached hydrogens (tertiary/aromatic N) is 2. The van der Waals surface area contributed by atoms with Gasteiger partial charge in [-0.2, -0.15) is 43.2 Å². The number of halogens is 9. The molecule has 0 fully saturated rings. The van der Waals surface area contributed by atoms with Crippen LogP contribution >= 0.6 is 11.8 Å². The molecule has 1 atom stereocenters. The normalized spacial score (nSPS) is 13.0. The van der Waals surface area contributed by atoms with E-state index in [2.05, 4.69) is 20.5 Å². The summed E-state index contributed by atoms with van der Waals surface area (Å²) in [5, 5.41) is 7.98. The van der Waals surface area contributed by atoms with Crippen LogP contribution in [0.25, 0.3) is 0 Å². The zero-order valence-corrected chi connectivity index (χ0v) is 23.3. The highest BCUT2D eigenvalue weighted by Crippen LogP contribution is 2.36. The summed E-state index contributed by atoms with van der Waals surface area (Å²) < 4.78 is 122. The van der Waals surface area contributed by atoms with Crippen LogP contribution in [0.5, 0.6) is 5.75 Å². The van der Waals surface area contributed by atoms with Crippen molar-refractivity contribution >= 4 is 29.3 Å². The maximum atomic E-state index is 13.3. The second kappa shape index (κ2) is 12.8. The standard InChI is InChI=1S/C26H23F9N4O3S/c1-13-9-15(11-39-20(25(30,31)32)10-19(38-39)24(27,28)29)7-8-17(13)37-22(40)16-5-4-6-18(42-26(33,34)35)21(16)23(41)36-14(2)12-43-3/h4-10,14H,11-12H2,1-3H3,(H,36,41)(H,37,40)/t14-/m0/s1. The van der Waals surface area contributed by atoms with E-state index in [1.54, 1.807) is 13.2 Å². The molecule has 3 rings (SSSR count). The fourth-order valence-corrected chi connectivity index (χ4v) is 4.57. The van der Waals surface area contributed by atoms with Crippen molar-refractivity contribution in [1.29, 1.82) is 0 Å². The number of rotatable bonds is 9. The first-order valence-corrected chi connectivity index (χ1v) is 13.5. The molecule has 0 aliphatic rings. The molecule has 0 unspecified atom stereocenters. The molecule has 3 aromatic rings. The van der Waals surface area contributed by atoms with Gasteiger partial charge in [0.15, 0.2) is 5.69 Å². The van der Waals surface area contributed by atoms with E-state index in [1.165, 1.54) is 36.9 Å². The highest BCUT2D eigenvalue weighted by Gasteiger charge is 2.42. The predicted molar refractivity (Wildman–Crippen MR) is 139 cm³/mol. The van der Waals surface area contributed by atoms with Crippen LogP contribution in [0, 0.1) is 6.92 Å². The molecule has 0 saturated carbocycles. The first kappa shape index (κ1) is 33.6. The van der Waals surface area contributed by atoms with Crippen LogP contribution in [0.4, 0.5) is 45.2 Å². The number of aryl methyl sites for hydroxylation is 1. The van der Waals surface area contributed by atoms with Crippen molar-refractivity contribution in [3.63, 3.8) is 0 Å². The third-order valence-corrected chi connectivity index (χ3v) is 6.58. The summed E-state index contributed by atoms with van der Waals surface area (Å²) in [6.07, 6.45) is -13.7. The fourth-order valence-electron chi connectivity index (χ4n) is 3.98. The zero-order valence-electron chi connectivity index (χ0n) is 22.5. The summed E-state index contributed by atoms with van der Waals surface area (Å²) >= 11 is 1.36. The number of nitrogens with one attached hydrogen (secondary N) is 2. The van der Waals surface area contributed by atoms with Gasteiger partial charge in [-0.3, -0.25) is 14.3 Å².